The van der Waals surface area contributed by atoms with Crippen LogP contribution in [0.25, 0.3) is 0 Å². The molecule has 0 saturated heterocycles. The van der Waals surface area contributed by atoms with E-state index in [4.69, 9.17) is 4.74 Å². The first kappa shape index (κ1) is 13.1. The topological polar surface area (TPSA) is 30.5 Å². The van der Waals surface area contributed by atoms with Gasteiger partial charge >= 0.3 is 6.61 Å². The van der Waals surface area contributed by atoms with Crippen molar-refractivity contribution in [2.75, 3.05) is 7.11 Å². The minimum Gasteiger partial charge on any atom is -0.493 e. The van der Waals surface area contributed by atoms with E-state index in [0.29, 0.717) is 23.9 Å². The summed E-state index contributed by atoms with van der Waals surface area (Å²) in [6.45, 7) is -2.33. The zero-order valence-electron chi connectivity index (χ0n) is 10.3. The van der Waals surface area contributed by atoms with Gasteiger partial charge in [-0.3, -0.25) is 0 Å². The van der Waals surface area contributed by atoms with Gasteiger partial charge in [0.2, 0.25) is 0 Å². The van der Waals surface area contributed by atoms with Gasteiger partial charge in [-0.1, -0.05) is 18.6 Å². The first-order chi connectivity index (χ1) is 8.70. The van der Waals surface area contributed by atoms with Crippen LogP contribution < -0.4 is 14.8 Å². The number of alkyl halides is 2. The molecule has 0 spiro atoms. The molecule has 0 amide bonds. The summed E-state index contributed by atoms with van der Waals surface area (Å²) in [5, 5.41) is 3.32. The van der Waals surface area contributed by atoms with Gasteiger partial charge in [0.15, 0.2) is 11.5 Å². The van der Waals surface area contributed by atoms with Crippen molar-refractivity contribution < 1.29 is 18.3 Å². The van der Waals surface area contributed by atoms with Crippen molar-refractivity contribution in [1.29, 1.82) is 0 Å². The lowest BCUT2D eigenvalue weighted by Crippen LogP contribution is -2.34. The third-order valence-corrected chi connectivity index (χ3v) is 3.17. The summed E-state index contributed by atoms with van der Waals surface area (Å²) < 4.78 is 34.4. The first-order valence-electron chi connectivity index (χ1n) is 6.04. The zero-order valence-corrected chi connectivity index (χ0v) is 10.3. The van der Waals surface area contributed by atoms with Crippen LogP contribution in [0.2, 0.25) is 0 Å². The van der Waals surface area contributed by atoms with Gasteiger partial charge in [-0.15, -0.1) is 0 Å². The molecular formula is C13H17F2NO2. The number of hydrogen-bond acceptors (Lipinski definition) is 3. The SMILES string of the molecule is COc1cccc(CNC2CCC2)c1OC(F)F. The molecule has 0 unspecified atom stereocenters. The molecule has 3 nitrogen and oxygen atoms in total. The van der Waals surface area contributed by atoms with Gasteiger partial charge in [0.05, 0.1) is 7.11 Å². The minimum atomic E-state index is -2.84. The third kappa shape index (κ3) is 3.10. The Morgan fingerprint density at radius 2 is 2.17 bits per heavy atom. The number of para-hydroxylation sites is 1. The number of halogens is 2. The molecule has 1 aromatic carbocycles. The van der Waals surface area contributed by atoms with Crippen LogP contribution in [-0.2, 0) is 6.54 Å². The standard InChI is InChI=1S/C13H17F2NO2/c1-17-11-7-2-4-9(12(11)18-13(14)15)8-16-10-5-3-6-10/h2,4,7,10,13,16H,3,5-6,8H2,1H3. The molecule has 0 atom stereocenters. The summed E-state index contributed by atoms with van der Waals surface area (Å²) in [6.07, 6.45) is 3.53. The fourth-order valence-corrected chi connectivity index (χ4v) is 1.95. The van der Waals surface area contributed by atoms with Crippen molar-refractivity contribution in [3.8, 4) is 11.5 Å². The number of methoxy groups -OCH3 is 1. The van der Waals surface area contributed by atoms with Crippen LogP contribution in [0.4, 0.5) is 8.78 Å². The monoisotopic (exact) mass is 257 g/mol. The van der Waals surface area contributed by atoms with Gasteiger partial charge in [0.1, 0.15) is 0 Å². The first-order valence-corrected chi connectivity index (χ1v) is 6.04. The molecular weight excluding hydrogens is 240 g/mol. The van der Waals surface area contributed by atoms with Crippen molar-refractivity contribution in [3.05, 3.63) is 23.8 Å². The van der Waals surface area contributed by atoms with Crippen LogP contribution in [0.3, 0.4) is 0 Å². The lowest BCUT2D eigenvalue weighted by molar-refractivity contribution is -0.0519. The predicted octanol–water partition coefficient (Wildman–Crippen LogP) is 2.94. The second kappa shape index (κ2) is 6.00. The van der Waals surface area contributed by atoms with Crippen LogP contribution in [0.15, 0.2) is 18.2 Å². The Kier molecular flexibility index (Phi) is 4.36. The van der Waals surface area contributed by atoms with Crippen LogP contribution >= 0.6 is 0 Å². The van der Waals surface area contributed by atoms with Crippen molar-refractivity contribution in [1.82, 2.24) is 5.32 Å². The van der Waals surface area contributed by atoms with Gasteiger partial charge in [-0.25, -0.2) is 0 Å². The van der Waals surface area contributed by atoms with Crippen LogP contribution in [0.5, 0.6) is 11.5 Å². The van der Waals surface area contributed by atoms with Crippen molar-refractivity contribution in [3.63, 3.8) is 0 Å². The number of nitrogens with one attached hydrogen (secondary N) is 1. The van der Waals surface area contributed by atoms with Gasteiger partial charge in [0, 0.05) is 18.2 Å². The highest BCUT2D eigenvalue weighted by molar-refractivity contribution is 5.46. The molecule has 1 fully saturated rings. The molecule has 2 rings (SSSR count). The van der Waals surface area contributed by atoms with Gasteiger partial charge < -0.3 is 14.8 Å². The molecule has 1 N–H and O–H groups in total. The molecule has 1 saturated carbocycles. The Bertz CT molecular complexity index is 395. The summed E-state index contributed by atoms with van der Waals surface area (Å²) in [6, 6.07) is 5.65. The maximum Gasteiger partial charge on any atom is 0.387 e. The van der Waals surface area contributed by atoms with Crippen LogP contribution in [0.1, 0.15) is 24.8 Å². The predicted molar refractivity (Wildman–Crippen MR) is 64.1 cm³/mol. The van der Waals surface area contributed by atoms with E-state index in [0.717, 1.165) is 12.8 Å². The Morgan fingerprint density at radius 1 is 1.39 bits per heavy atom. The van der Waals surface area contributed by atoms with E-state index in [1.165, 1.54) is 13.5 Å². The highest BCUT2D eigenvalue weighted by Crippen LogP contribution is 2.32. The average Bonchev–Trinajstić information content (AvgIpc) is 2.28. The molecule has 100 valence electrons. The molecule has 5 heteroatoms. The van der Waals surface area contributed by atoms with Gasteiger partial charge in [-0.2, -0.15) is 8.78 Å². The Morgan fingerprint density at radius 3 is 2.72 bits per heavy atom. The number of benzene rings is 1. The summed E-state index contributed by atoms with van der Waals surface area (Å²) in [7, 11) is 1.44. The highest BCUT2D eigenvalue weighted by Gasteiger charge is 2.19. The van der Waals surface area contributed by atoms with Crippen LogP contribution in [-0.4, -0.2) is 19.8 Å². The normalized spacial score (nSPS) is 15.6. The lowest BCUT2D eigenvalue weighted by Gasteiger charge is -2.27. The van der Waals surface area contributed by atoms with E-state index in [1.54, 1.807) is 18.2 Å². The van der Waals surface area contributed by atoms with Crippen molar-refractivity contribution >= 4 is 0 Å². The Balaban J connectivity index is 2.10. The fourth-order valence-electron chi connectivity index (χ4n) is 1.95. The second-order valence-corrected chi connectivity index (χ2v) is 4.34. The summed E-state index contributed by atoms with van der Waals surface area (Å²) in [5.41, 5.74) is 0.696. The molecule has 0 aliphatic heterocycles. The molecule has 0 aromatic heterocycles. The van der Waals surface area contributed by atoms with Gasteiger partial charge in [-0.05, 0) is 18.9 Å². The minimum absolute atomic E-state index is 0.127. The third-order valence-electron chi connectivity index (χ3n) is 3.17. The number of rotatable bonds is 6. The maximum atomic E-state index is 12.4. The molecule has 0 radical (unpaired) electrons. The second-order valence-electron chi connectivity index (χ2n) is 4.34. The average molecular weight is 257 g/mol. The fraction of sp³-hybridized carbons (Fsp3) is 0.538. The summed E-state index contributed by atoms with van der Waals surface area (Å²) in [5.74, 6) is 0.463. The van der Waals surface area contributed by atoms with Crippen LogP contribution in [0, 0.1) is 0 Å². The Hall–Kier alpha value is -1.36. The quantitative estimate of drug-likeness (QED) is 0.850. The highest BCUT2D eigenvalue weighted by atomic mass is 19.3. The maximum absolute atomic E-state index is 12.4. The molecule has 1 aromatic rings. The van der Waals surface area contributed by atoms with E-state index in [9.17, 15) is 8.78 Å². The van der Waals surface area contributed by atoms with E-state index in [2.05, 4.69) is 10.1 Å². The van der Waals surface area contributed by atoms with Crippen molar-refractivity contribution in [2.45, 2.75) is 38.5 Å². The largest absolute Gasteiger partial charge is 0.493 e. The summed E-state index contributed by atoms with van der Waals surface area (Å²) in [4.78, 5) is 0. The zero-order chi connectivity index (χ0) is 13.0. The van der Waals surface area contributed by atoms with E-state index in [-0.39, 0.29) is 5.75 Å². The molecule has 18 heavy (non-hydrogen) atoms. The smallest absolute Gasteiger partial charge is 0.387 e. The molecule has 0 heterocycles. The van der Waals surface area contributed by atoms with E-state index < -0.39 is 6.61 Å². The summed E-state index contributed by atoms with van der Waals surface area (Å²) >= 11 is 0. The van der Waals surface area contributed by atoms with E-state index in [1.807, 2.05) is 0 Å². The lowest BCUT2D eigenvalue weighted by atomic mass is 9.93. The van der Waals surface area contributed by atoms with Gasteiger partial charge in [0.25, 0.3) is 0 Å². The molecule has 1 aliphatic carbocycles. The number of ether oxygens (including phenoxy) is 2. The van der Waals surface area contributed by atoms with Crippen molar-refractivity contribution in [2.24, 2.45) is 0 Å². The Labute approximate surface area is 105 Å². The molecule has 1 aliphatic rings. The molecule has 0 bridgehead atoms. The number of hydrogen-bond donors (Lipinski definition) is 1. The van der Waals surface area contributed by atoms with E-state index >= 15 is 0 Å².